The second-order valence-electron chi connectivity index (χ2n) is 6.62. The Morgan fingerprint density at radius 3 is 2.55 bits per heavy atom. The van der Waals surface area contributed by atoms with Crippen molar-refractivity contribution < 1.29 is 29.0 Å². The first-order valence-electron chi connectivity index (χ1n) is 9.41. The maximum absolute atomic E-state index is 11.4. The van der Waals surface area contributed by atoms with Crippen LogP contribution < -0.4 is 10.9 Å². The number of nitrogens with one attached hydrogen (secondary N) is 2. The molecule has 0 saturated carbocycles. The van der Waals surface area contributed by atoms with Gasteiger partial charge in [0, 0.05) is 29.9 Å². The van der Waals surface area contributed by atoms with Gasteiger partial charge in [-0.3, -0.25) is 15.0 Å². The fourth-order valence-corrected chi connectivity index (χ4v) is 3.53. The summed E-state index contributed by atoms with van der Waals surface area (Å²) in [5, 5.41) is 10.8. The molecule has 0 atom stereocenters. The Labute approximate surface area is 184 Å². The first-order chi connectivity index (χ1) is 14.8. The van der Waals surface area contributed by atoms with Gasteiger partial charge in [-0.05, 0) is 30.7 Å². The summed E-state index contributed by atoms with van der Waals surface area (Å²) in [5.41, 5.74) is 7.78. The first-order valence-corrected chi connectivity index (χ1v) is 10.4. The zero-order valence-corrected chi connectivity index (χ0v) is 18.4. The van der Waals surface area contributed by atoms with Gasteiger partial charge in [-0.25, -0.2) is 15.2 Å². The Hall–Kier alpha value is -3.27. The second-order valence-corrected chi connectivity index (χ2v) is 7.74. The van der Waals surface area contributed by atoms with E-state index in [2.05, 4.69) is 25.3 Å². The number of nitrogens with zero attached hydrogens (tertiary/aromatic N) is 1. The van der Waals surface area contributed by atoms with E-state index in [1.54, 1.807) is 24.3 Å². The molecule has 0 aliphatic heterocycles. The third-order valence-corrected chi connectivity index (χ3v) is 5.02. The number of anilines is 1. The molecule has 166 valence electrons. The molecule has 0 unspecified atom stereocenters. The number of amides is 1. The topological polar surface area (TPSA) is 127 Å². The summed E-state index contributed by atoms with van der Waals surface area (Å²) in [7, 11) is 2.59. The Kier molecular flexibility index (Phi) is 9.13. The summed E-state index contributed by atoms with van der Waals surface area (Å²) in [6.45, 7) is 1.47. The van der Waals surface area contributed by atoms with Crippen LogP contribution in [-0.4, -0.2) is 47.9 Å². The molecule has 31 heavy (non-hydrogen) atoms. The number of thioether (sulfide) groups is 1. The Balaban J connectivity index is 2.20. The van der Waals surface area contributed by atoms with Crippen LogP contribution >= 0.6 is 11.8 Å². The van der Waals surface area contributed by atoms with Gasteiger partial charge < -0.3 is 14.6 Å². The molecule has 0 saturated heterocycles. The number of pyridine rings is 1. The number of aromatic hydroxyl groups is 1. The number of phenolic OH excluding ortho intramolecular Hbond substituents is 1. The minimum absolute atomic E-state index is 0.0322. The fourth-order valence-electron chi connectivity index (χ4n) is 2.66. The van der Waals surface area contributed by atoms with E-state index in [1.807, 2.05) is 6.07 Å². The molecule has 2 rings (SSSR count). The lowest BCUT2D eigenvalue weighted by atomic mass is 10.0. The Morgan fingerprint density at radius 1 is 1.13 bits per heavy atom. The van der Waals surface area contributed by atoms with E-state index in [4.69, 9.17) is 0 Å². The highest BCUT2D eigenvalue weighted by molar-refractivity contribution is 7.99. The molecule has 0 radical (unpaired) electrons. The van der Waals surface area contributed by atoms with Gasteiger partial charge in [0.1, 0.15) is 11.5 Å². The van der Waals surface area contributed by atoms with Crippen molar-refractivity contribution in [3.8, 4) is 5.75 Å². The van der Waals surface area contributed by atoms with Crippen molar-refractivity contribution >= 4 is 35.3 Å². The lowest BCUT2D eigenvalue weighted by molar-refractivity contribution is -0.140. The highest BCUT2D eigenvalue weighted by atomic mass is 32.2. The minimum atomic E-state index is -0.649. The molecule has 9 nitrogen and oxygen atoms in total. The van der Waals surface area contributed by atoms with Crippen molar-refractivity contribution in [1.29, 1.82) is 0 Å². The summed E-state index contributed by atoms with van der Waals surface area (Å²) in [4.78, 5) is 38.6. The summed E-state index contributed by atoms with van der Waals surface area (Å²) < 4.78 is 9.19. The predicted molar refractivity (Wildman–Crippen MR) is 116 cm³/mol. The van der Waals surface area contributed by atoms with Gasteiger partial charge in [-0.1, -0.05) is 12.1 Å². The number of aromatic nitrogens is 1. The molecule has 0 bridgehead atoms. The van der Waals surface area contributed by atoms with Crippen LogP contribution in [0.2, 0.25) is 0 Å². The van der Waals surface area contributed by atoms with E-state index in [9.17, 15) is 19.5 Å². The monoisotopic (exact) mass is 447 g/mol. The molecular formula is C21H25N3O6S. The lowest BCUT2D eigenvalue weighted by Gasteiger charge is -2.12. The largest absolute Gasteiger partial charge is 0.508 e. The molecule has 1 aromatic carbocycles. The van der Waals surface area contributed by atoms with Crippen molar-refractivity contribution in [2.24, 2.45) is 0 Å². The van der Waals surface area contributed by atoms with Crippen molar-refractivity contribution in [2.75, 3.05) is 25.4 Å². The number of methoxy groups -OCH3 is 2. The van der Waals surface area contributed by atoms with E-state index in [-0.39, 0.29) is 30.3 Å². The predicted octanol–water partition coefficient (Wildman–Crippen LogP) is 2.85. The molecule has 0 spiro atoms. The van der Waals surface area contributed by atoms with Crippen LogP contribution in [0.4, 0.5) is 10.5 Å². The molecule has 1 aromatic heterocycles. The van der Waals surface area contributed by atoms with E-state index in [0.717, 1.165) is 5.56 Å². The van der Waals surface area contributed by atoms with Crippen LogP contribution in [0.15, 0.2) is 35.4 Å². The number of esters is 1. The number of ether oxygens (including phenoxy) is 2. The van der Waals surface area contributed by atoms with Crippen LogP contribution in [0, 0.1) is 0 Å². The molecule has 1 amide bonds. The standard InChI is InChI=1S/C21H25N3O6S/c1-13(25)8-15-5-4-14(10-18(15)26)9-16-11-17(23-24-21(28)30-3)12-19(22-16)31-7-6-20(27)29-2/h4-5,10-12,26H,6-9H2,1-3H3,(H,22,23)(H,24,28). The SMILES string of the molecule is COC(=O)CCSc1cc(NNC(=O)OC)cc(Cc2ccc(CC(C)=O)c(O)c2)n1. The number of hydrogen-bond acceptors (Lipinski definition) is 9. The van der Waals surface area contributed by atoms with Crippen molar-refractivity contribution in [3.05, 3.63) is 47.2 Å². The fraction of sp³-hybridized carbons (Fsp3) is 0.333. The Bertz CT molecular complexity index is 951. The molecule has 0 aliphatic rings. The lowest BCUT2D eigenvalue weighted by Crippen LogP contribution is -2.29. The maximum Gasteiger partial charge on any atom is 0.425 e. The van der Waals surface area contributed by atoms with Gasteiger partial charge in [0.15, 0.2) is 0 Å². The number of benzene rings is 1. The highest BCUT2D eigenvalue weighted by Gasteiger charge is 2.10. The Morgan fingerprint density at radius 2 is 1.90 bits per heavy atom. The van der Waals surface area contributed by atoms with E-state index >= 15 is 0 Å². The van der Waals surface area contributed by atoms with Crippen LogP contribution in [0.25, 0.3) is 0 Å². The van der Waals surface area contributed by atoms with Gasteiger partial charge >= 0.3 is 12.1 Å². The van der Waals surface area contributed by atoms with Crippen molar-refractivity contribution in [1.82, 2.24) is 10.4 Å². The number of hydrogen-bond donors (Lipinski definition) is 3. The molecular weight excluding hydrogens is 422 g/mol. The van der Waals surface area contributed by atoms with Crippen molar-refractivity contribution in [2.45, 2.75) is 31.2 Å². The molecule has 1 heterocycles. The zero-order chi connectivity index (χ0) is 22.8. The van der Waals surface area contributed by atoms with Gasteiger partial charge in [0.05, 0.1) is 31.4 Å². The van der Waals surface area contributed by atoms with E-state index < -0.39 is 6.09 Å². The van der Waals surface area contributed by atoms with Crippen molar-refractivity contribution in [3.63, 3.8) is 0 Å². The smallest absolute Gasteiger partial charge is 0.425 e. The third-order valence-electron chi connectivity index (χ3n) is 4.11. The van der Waals surface area contributed by atoms with E-state index in [1.165, 1.54) is 32.9 Å². The van der Waals surface area contributed by atoms with E-state index in [0.29, 0.717) is 34.1 Å². The molecule has 3 N–H and O–H groups in total. The van der Waals surface area contributed by atoms with Gasteiger partial charge in [-0.2, -0.15) is 0 Å². The summed E-state index contributed by atoms with van der Waals surface area (Å²) >= 11 is 1.37. The number of carbonyl (C=O) groups excluding carboxylic acids is 3. The highest BCUT2D eigenvalue weighted by Crippen LogP contribution is 2.25. The summed E-state index contributed by atoms with van der Waals surface area (Å²) in [6, 6.07) is 8.64. The average Bonchev–Trinajstić information content (AvgIpc) is 2.73. The van der Waals surface area contributed by atoms with Gasteiger partial charge in [0.2, 0.25) is 0 Å². The van der Waals surface area contributed by atoms with Crippen LogP contribution in [0.5, 0.6) is 5.75 Å². The molecule has 0 fully saturated rings. The molecule has 10 heteroatoms. The quantitative estimate of drug-likeness (QED) is 0.286. The zero-order valence-electron chi connectivity index (χ0n) is 17.6. The van der Waals surface area contributed by atoms with Gasteiger partial charge in [0.25, 0.3) is 0 Å². The first kappa shape index (κ1) is 24.0. The van der Waals surface area contributed by atoms with Gasteiger partial charge in [-0.15, -0.1) is 11.8 Å². The van der Waals surface area contributed by atoms with Crippen LogP contribution in [0.3, 0.4) is 0 Å². The average molecular weight is 448 g/mol. The number of carbonyl (C=O) groups is 3. The third kappa shape index (κ3) is 8.17. The summed E-state index contributed by atoms with van der Waals surface area (Å²) in [5.74, 6) is 0.195. The maximum atomic E-state index is 11.4. The second kappa shape index (κ2) is 11.8. The number of phenols is 1. The van der Waals surface area contributed by atoms with Crippen LogP contribution in [0.1, 0.15) is 30.2 Å². The summed E-state index contributed by atoms with van der Waals surface area (Å²) in [6.07, 6.45) is 0.169. The normalized spacial score (nSPS) is 10.3. The number of hydrazine groups is 1. The minimum Gasteiger partial charge on any atom is -0.508 e. The molecule has 2 aromatic rings. The number of Topliss-reactive ketones (excluding diaryl/α,β-unsaturated/α-hetero) is 1. The number of rotatable bonds is 10. The molecule has 0 aliphatic carbocycles. The van der Waals surface area contributed by atoms with Crippen LogP contribution in [-0.2, 0) is 31.9 Å². The number of ketones is 1.